The third kappa shape index (κ3) is 2.54. The smallest absolute Gasteiger partial charge is 0.322 e. The average Bonchev–Trinajstić information content (AvgIpc) is 2.35. The van der Waals surface area contributed by atoms with E-state index in [1.165, 1.54) is 30.5 Å². The Morgan fingerprint density at radius 3 is 2.89 bits per heavy atom. The van der Waals surface area contributed by atoms with E-state index in [4.69, 9.17) is 27.5 Å². The van der Waals surface area contributed by atoms with Gasteiger partial charge in [-0.3, -0.25) is 5.41 Å². The number of ether oxygens (including phenoxy) is 1. The van der Waals surface area contributed by atoms with Crippen LogP contribution in [0, 0.1) is 11.2 Å². The molecular weight excluding hydrogens is 259 g/mol. The van der Waals surface area contributed by atoms with Crippen LogP contribution in [0.15, 0.2) is 30.5 Å². The Morgan fingerprint density at radius 1 is 1.39 bits per heavy atom. The van der Waals surface area contributed by atoms with E-state index < -0.39 is 5.82 Å². The van der Waals surface area contributed by atoms with Gasteiger partial charge in [0.2, 0.25) is 0 Å². The maximum Gasteiger partial charge on any atom is 0.322 e. The second-order valence-electron chi connectivity index (χ2n) is 3.29. The summed E-state index contributed by atoms with van der Waals surface area (Å²) < 4.78 is 18.7. The number of hydrogen-bond donors (Lipinski definition) is 2. The summed E-state index contributed by atoms with van der Waals surface area (Å²) in [5.41, 5.74) is 5.47. The minimum absolute atomic E-state index is 0.0600. The van der Waals surface area contributed by atoms with Crippen LogP contribution in [0.5, 0.6) is 11.8 Å². The lowest BCUT2D eigenvalue weighted by molar-refractivity contribution is 0.411. The van der Waals surface area contributed by atoms with Gasteiger partial charge in [0.15, 0.2) is 11.6 Å². The Morgan fingerprint density at radius 2 is 2.17 bits per heavy atom. The minimum Gasteiger partial charge on any atom is -0.421 e. The van der Waals surface area contributed by atoms with Gasteiger partial charge < -0.3 is 10.5 Å². The fourth-order valence-electron chi connectivity index (χ4n) is 1.20. The Balaban J connectivity index is 2.31. The van der Waals surface area contributed by atoms with Crippen molar-refractivity contribution in [2.75, 3.05) is 0 Å². The zero-order valence-corrected chi connectivity index (χ0v) is 9.78. The van der Waals surface area contributed by atoms with Gasteiger partial charge in [0.1, 0.15) is 11.5 Å². The zero-order chi connectivity index (χ0) is 13.1. The third-order valence-electron chi connectivity index (χ3n) is 2.03. The van der Waals surface area contributed by atoms with Gasteiger partial charge in [-0.15, -0.1) is 0 Å². The quantitative estimate of drug-likeness (QED) is 0.660. The first-order valence-corrected chi connectivity index (χ1v) is 5.25. The van der Waals surface area contributed by atoms with Crippen LogP contribution in [-0.2, 0) is 0 Å². The van der Waals surface area contributed by atoms with Crippen LogP contribution < -0.4 is 10.5 Å². The molecule has 2 rings (SSSR count). The Labute approximate surface area is 107 Å². The molecule has 7 heteroatoms. The van der Waals surface area contributed by atoms with E-state index >= 15 is 0 Å². The lowest BCUT2D eigenvalue weighted by Gasteiger charge is -2.06. The number of nitrogen functional groups attached to an aromatic ring is 1. The zero-order valence-electron chi connectivity index (χ0n) is 9.02. The predicted octanol–water partition coefficient (Wildman–Crippen LogP) is 2.35. The van der Waals surface area contributed by atoms with Gasteiger partial charge in [-0.2, -0.15) is 4.98 Å². The number of nitrogens with two attached hydrogens (primary N) is 1. The van der Waals surface area contributed by atoms with Crippen molar-refractivity contribution in [1.82, 2.24) is 9.97 Å². The van der Waals surface area contributed by atoms with Crippen LogP contribution in [-0.4, -0.2) is 15.8 Å². The average molecular weight is 267 g/mol. The van der Waals surface area contributed by atoms with Crippen LogP contribution in [0.3, 0.4) is 0 Å². The second-order valence-corrected chi connectivity index (χ2v) is 3.70. The molecule has 1 aromatic carbocycles. The summed E-state index contributed by atoms with van der Waals surface area (Å²) in [7, 11) is 0. The number of benzene rings is 1. The van der Waals surface area contributed by atoms with E-state index in [0.29, 0.717) is 0 Å². The molecule has 0 bridgehead atoms. The van der Waals surface area contributed by atoms with Crippen molar-refractivity contribution < 1.29 is 9.13 Å². The summed E-state index contributed by atoms with van der Waals surface area (Å²) in [5.74, 6) is -1.02. The molecule has 92 valence electrons. The van der Waals surface area contributed by atoms with E-state index in [1.807, 2.05) is 0 Å². The number of rotatable bonds is 3. The highest BCUT2D eigenvalue weighted by molar-refractivity contribution is 6.30. The van der Waals surface area contributed by atoms with Crippen molar-refractivity contribution in [3.8, 4) is 11.8 Å². The number of nitrogens with one attached hydrogen (secondary N) is 1. The first-order chi connectivity index (χ1) is 8.58. The summed E-state index contributed by atoms with van der Waals surface area (Å²) in [6.07, 6.45) is 1.36. The molecule has 2 aromatic rings. The number of amidine groups is 1. The van der Waals surface area contributed by atoms with Gasteiger partial charge in [0.05, 0.1) is 5.02 Å². The minimum atomic E-state index is -0.698. The van der Waals surface area contributed by atoms with Crippen molar-refractivity contribution in [2.45, 2.75) is 0 Å². The fraction of sp³-hybridized carbons (Fsp3) is 0. The van der Waals surface area contributed by atoms with Gasteiger partial charge in [-0.05, 0) is 18.2 Å². The normalized spacial score (nSPS) is 10.1. The van der Waals surface area contributed by atoms with Crippen molar-refractivity contribution >= 4 is 17.4 Å². The lowest BCUT2D eigenvalue weighted by atomic mass is 10.3. The van der Waals surface area contributed by atoms with Gasteiger partial charge in [0, 0.05) is 6.20 Å². The van der Waals surface area contributed by atoms with Gasteiger partial charge >= 0.3 is 6.01 Å². The molecule has 0 spiro atoms. The molecule has 0 atom stereocenters. The number of hydrogen-bond acceptors (Lipinski definition) is 4. The van der Waals surface area contributed by atoms with E-state index in [9.17, 15) is 4.39 Å². The molecule has 0 saturated carbocycles. The summed E-state index contributed by atoms with van der Waals surface area (Å²) in [4.78, 5) is 7.64. The van der Waals surface area contributed by atoms with Crippen LogP contribution in [0.25, 0.3) is 0 Å². The van der Waals surface area contributed by atoms with E-state index in [1.54, 1.807) is 0 Å². The molecule has 0 fully saturated rings. The number of halogens is 2. The van der Waals surface area contributed by atoms with Crippen LogP contribution in [0.2, 0.25) is 5.02 Å². The van der Waals surface area contributed by atoms with E-state index in [0.717, 1.165) is 0 Å². The van der Waals surface area contributed by atoms with Gasteiger partial charge in [-0.25, -0.2) is 9.37 Å². The van der Waals surface area contributed by atoms with Crippen molar-refractivity contribution in [3.05, 3.63) is 47.0 Å². The molecule has 0 saturated heterocycles. The highest BCUT2D eigenvalue weighted by Gasteiger charge is 2.10. The van der Waals surface area contributed by atoms with Gasteiger partial charge in [-0.1, -0.05) is 17.7 Å². The molecular formula is C11H8ClFN4O. The molecule has 3 N–H and O–H groups in total. The molecule has 0 unspecified atom stereocenters. The Hall–Kier alpha value is -2.21. The molecule has 18 heavy (non-hydrogen) atoms. The second kappa shape index (κ2) is 4.97. The monoisotopic (exact) mass is 266 g/mol. The molecule has 0 aliphatic carbocycles. The largest absolute Gasteiger partial charge is 0.421 e. The maximum absolute atomic E-state index is 13.6. The standard InChI is InChI=1S/C11H8ClFN4O/c12-6-2-1-3-8(9(6)13)18-11-16-5-4-7(17-11)10(14)15/h1-5H,(H3,14,15). The highest BCUT2D eigenvalue weighted by Crippen LogP contribution is 2.26. The first kappa shape index (κ1) is 12.3. The lowest BCUT2D eigenvalue weighted by Crippen LogP contribution is -2.13. The summed E-state index contributed by atoms with van der Waals surface area (Å²) >= 11 is 5.61. The van der Waals surface area contributed by atoms with Crippen LogP contribution >= 0.6 is 11.6 Å². The fourth-order valence-corrected chi connectivity index (χ4v) is 1.37. The molecule has 1 heterocycles. The van der Waals surface area contributed by atoms with Crippen molar-refractivity contribution in [3.63, 3.8) is 0 Å². The molecule has 0 amide bonds. The number of aromatic nitrogens is 2. The molecule has 1 aromatic heterocycles. The van der Waals surface area contributed by atoms with E-state index in [2.05, 4.69) is 9.97 Å². The molecule has 0 aliphatic rings. The molecule has 5 nitrogen and oxygen atoms in total. The summed E-state index contributed by atoms with van der Waals surface area (Å²) in [5, 5.41) is 7.16. The van der Waals surface area contributed by atoms with Crippen molar-refractivity contribution in [1.29, 1.82) is 5.41 Å². The van der Waals surface area contributed by atoms with E-state index in [-0.39, 0.29) is 28.3 Å². The molecule has 0 radical (unpaired) electrons. The Kier molecular flexibility index (Phi) is 3.38. The molecule has 0 aliphatic heterocycles. The first-order valence-electron chi connectivity index (χ1n) is 4.87. The summed E-state index contributed by atoms with van der Waals surface area (Å²) in [6.45, 7) is 0. The number of nitrogens with zero attached hydrogens (tertiary/aromatic N) is 2. The van der Waals surface area contributed by atoms with Crippen molar-refractivity contribution in [2.24, 2.45) is 5.73 Å². The van der Waals surface area contributed by atoms with Gasteiger partial charge in [0.25, 0.3) is 0 Å². The highest BCUT2D eigenvalue weighted by atomic mass is 35.5. The predicted molar refractivity (Wildman–Crippen MR) is 64.5 cm³/mol. The SMILES string of the molecule is N=C(N)c1ccnc(Oc2cccc(Cl)c2F)n1. The topological polar surface area (TPSA) is 84.9 Å². The van der Waals surface area contributed by atoms with Crippen LogP contribution in [0.1, 0.15) is 5.69 Å². The Bertz CT molecular complexity index is 605. The summed E-state index contributed by atoms with van der Waals surface area (Å²) in [6, 6.07) is 5.67. The van der Waals surface area contributed by atoms with Crippen LogP contribution in [0.4, 0.5) is 4.39 Å². The maximum atomic E-state index is 13.6. The third-order valence-corrected chi connectivity index (χ3v) is 2.32.